The lowest BCUT2D eigenvalue weighted by Crippen LogP contribution is -2.14. The van der Waals surface area contributed by atoms with Gasteiger partial charge >= 0.3 is 41.5 Å². The molecule has 0 atom stereocenters. The molecule has 0 heterocycles. The van der Waals surface area contributed by atoms with Crippen molar-refractivity contribution >= 4 is 140 Å². The molecule has 0 spiro atoms. The summed E-state index contributed by atoms with van der Waals surface area (Å²) in [5.41, 5.74) is 7.47. The Labute approximate surface area is 874 Å². The number of benzene rings is 12. The zero-order valence-corrected chi connectivity index (χ0v) is 85.1. The zero-order valence-electron chi connectivity index (χ0n) is 80.5. The lowest BCUT2D eigenvalue weighted by atomic mass is 10.0. The van der Waals surface area contributed by atoms with Gasteiger partial charge in [-0.1, -0.05) is 173 Å². The van der Waals surface area contributed by atoms with E-state index >= 15 is 0 Å². The standard InChI is InChI=1S/C18H18ClNO7.C18H18ClNO6.C17H16ClNO6.C17H16ClNO5.2C16H14ClNO5/c1-10-3-4-14(19)17(13(10)8-22)18(23)27-9-12-6-16(26-2)11(7-21)5-15(12)20(24)25;1-12-7-8-14(19)16(17(12)24-2)18(21)26-10-9-25-11-13-5-3-4-6-15(13)20(22)23;1-11-7-8-12(18)15(16(11)23-2)17(20)25-10-9-24-14-6-4-3-5-13(14)19(21)22;1-11-7-8-13(18)15(16(11)23-2)17(20)24-10-9-12-5-3-4-6-14(12)19(21)22;1-10-5-6-14(17)15(13(10)8-19)16(20)23-9-11-3-2-4-12(7-11)18(21)22;1-10-6-7-13(17)15(12(10)8-19)16(20)23-9-11-4-2-3-5-14(11)18(21)22/h3-6,21-22H,7-9H2,1-2H3;3-8H,9-11H2,1-2H3;3-8H,9-10H2,1-2H3;3-8H,9-10H2,1-2H3;2*2-7,19H,8-9H2,1H3. The van der Waals surface area contributed by atoms with Crippen LogP contribution in [0.25, 0.3) is 0 Å². The number of carbonyl (C=O) groups excluding carboxylic acids is 6. The topological polar surface area (TPSA) is 553 Å². The van der Waals surface area contributed by atoms with Crippen molar-refractivity contribution in [2.24, 2.45) is 0 Å². The van der Waals surface area contributed by atoms with E-state index < -0.39 is 85.2 Å². The summed E-state index contributed by atoms with van der Waals surface area (Å²) in [6.07, 6.45) is 0.231. The van der Waals surface area contributed by atoms with Crippen molar-refractivity contribution in [3.63, 3.8) is 0 Å². The molecule has 0 aliphatic rings. The molecule has 0 radical (unpaired) electrons. The van der Waals surface area contributed by atoms with Gasteiger partial charge in [0.15, 0.2) is 5.75 Å². The number of aliphatic hydroxyl groups is 4. The molecule has 0 saturated heterocycles. The van der Waals surface area contributed by atoms with Crippen LogP contribution in [-0.2, 0) is 92.4 Å². The Morgan fingerprint density at radius 3 is 0.986 bits per heavy atom. The summed E-state index contributed by atoms with van der Waals surface area (Å²) in [5.74, 6) is -2.73. The summed E-state index contributed by atoms with van der Waals surface area (Å²) < 4.78 is 62.4. The minimum absolute atomic E-state index is 0.000262. The van der Waals surface area contributed by atoms with Gasteiger partial charge in [0.1, 0.15) is 79.3 Å². The van der Waals surface area contributed by atoms with Crippen molar-refractivity contribution < 1.29 is 136 Å². The van der Waals surface area contributed by atoms with E-state index in [2.05, 4.69) is 0 Å². The SMILES string of the molecule is COc1c(C)ccc(Cl)c1C(=O)OCCOCc1ccccc1[N+](=O)[O-].COc1c(C)ccc(Cl)c1C(=O)OCCOc1ccccc1[N+](=O)[O-].COc1c(C)ccc(Cl)c1C(=O)OCCc1ccccc1[N+](=O)[O-].COc1cc(COC(=O)c2c(Cl)ccc(C)c2CO)c([N+](=O)[O-])cc1CO.Cc1ccc(Cl)c(C(=O)OCc2cccc([N+](=O)[O-])c2)c1CO.Cc1ccc(Cl)c(C(=O)OCc2ccccc2[N+](=O)[O-])c1CO. The van der Waals surface area contributed by atoms with Gasteiger partial charge in [-0.15, -0.1) is 0 Å². The number of carbonyl (C=O) groups is 6. The number of hydrogen-bond acceptors (Lipinski definition) is 34. The maximum Gasteiger partial charge on any atom is 0.343 e. The second-order valence-corrected chi connectivity index (χ2v) is 33.2. The van der Waals surface area contributed by atoms with Crippen LogP contribution in [0.2, 0.25) is 30.1 Å². The Kier molecular flexibility index (Phi) is 47.7. The fraction of sp³-hybridized carbons (Fsp3) is 0.235. The number of rotatable bonds is 38. The molecule has 0 fully saturated rings. The Morgan fingerprint density at radius 2 is 0.608 bits per heavy atom. The molecular weight excluding hydrogens is 2070 g/mol. The molecule has 40 nitrogen and oxygen atoms in total. The lowest BCUT2D eigenvalue weighted by Gasteiger charge is -2.13. The third-order valence-corrected chi connectivity index (χ3v) is 23.2. The first-order valence-corrected chi connectivity index (χ1v) is 45.8. The van der Waals surface area contributed by atoms with Crippen molar-refractivity contribution in [3.05, 3.63) is 414 Å². The molecule has 0 aliphatic carbocycles. The molecule has 0 unspecified atom stereocenters. The van der Waals surface area contributed by atoms with E-state index in [1.54, 1.807) is 157 Å². The van der Waals surface area contributed by atoms with Crippen molar-refractivity contribution in [2.45, 2.75) is 101 Å². The normalized spacial score (nSPS) is 10.4. The number of esters is 6. The molecule has 780 valence electrons. The van der Waals surface area contributed by atoms with Crippen LogP contribution in [0.3, 0.4) is 0 Å². The van der Waals surface area contributed by atoms with Crippen LogP contribution in [0.4, 0.5) is 34.1 Å². The first kappa shape index (κ1) is 119. The van der Waals surface area contributed by atoms with Crippen LogP contribution in [-0.4, -0.2) is 147 Å². The van der Waals surface area contributed by atoms with E-state index in [1.165, 1.54) is 119 Å². The van der Waals surface area contributed by atoms with Crippen LogP contribution < -0.4 is 23.7 Å². The van der Waals surface area contributed by atoms with Gasteiger partial charge in [-0.2, -0.15) is 0 Å². The lowest BCUT2D eigenvalue weighted by molar-refractivity contribution is -0.386. The van der Waals surface area contributed by atoms with E-state index in [1.807, 2.05) is 0 Å². The third kappa shape index (κ3) is 33.2. The smallest absolute Gasteiger partial charge is 0.343 e. The largest absolute Gasteiger partial charge is 0.496 e. The van der Waals surface area contributed by atoms with Gasteiger partial charge in [-0.3, -0.25) is 60.7 Å². The number of hydrogen-bond donors (Lipinski definition) is 4. The molecule has 0 amide bonds. The maximum absolute atomic E-state index is 12.5. The molecule has 0 saturated carbocycles. The number of nitrogens with zero attached hydrogens (tertiary/aromatic N) is 6. The van der Waals surface area contributed by atoms with Gasteiger partial charge in [-0.05, 0) is 158 Å². The number of nitro benzene ring substituents is 6. The molecule has 46 heteroatoms. The molecule has 4 N–H and O–H groups in total. The highest BCUT2D eigenvalue weighted by Crippen LogP contribution is 2.38. The van der Waals surface area contributed by atoms with E-state index in [0.717, 1.165) is 22.3 Å². The van der Waals surface area contributed by atoms with Gasteiger partial charge in [0, 0.05) is 60.0 Å². The van der Waals surface area contributed by atoms with Crippen LogP contribution >= 0.6 is 69.6 Å². The second-order valence-electron chi connectivity index (χ2n) is 30.7. The van der Waals surface area contributed by atoms with Crippen LogP contribution in [0.15, 0.2) is 206 Å². The fourth-order valence-electron chi connectivity index (χ4n) is 13.8. The highest BCUT2D eigenvalue weighted by atomic mass is 35.5. The summed E-state index contributed by atoms with van der Waals surface area (Å²) in [7, 11) is 5.69. The molecule has 148 heavy (non-hydrogen) atoms. The van der Waals surface area contributed by atoms with Crippen LogP contribution in [0, 0.1) is 102 Å². The number of nitro groups is 6. The second kappa shape index (κ2) is 59.1. The summed E-state index contributed by atoms with van der Waals surface area (Å²) >= 11 is 36.3. The molecule has 0 aromatic heterocycles. The van der Waals surface area contributed by atoms with Crippen LogP contribution in [0.5, 0.6) is 28.7 Å². The summed E-state index contributed by atoms with van der Waals surface area (Å²) in [4.78, 5) is 136. The highest BCUT2D eigenvalue weighted by Gasteiger charge is 2.30. The number of non-ortho nitro benzene ring substituents is 1. The predicted octanol–water partition coefficient (Wildman–Crippen LogP) is 21.4. The van der Waals surface area contributed by atoms with Gasteiger partial charge in [-0.25, -0.2) is 28.8 Å². The predicted molar refractivity (Wildman–Crippen MR) is 543 cm³/mol. The van der Waals surface area contributed by atoms with E-state index in [9.17, 15) is 110 Å². The summed E-state index contributed by atoms with van der Waals surface area (Å²) in [6.45, 7) is 8.19. The number of para-hydroxylation sites is 5. The Bertz CT molecular complexity index is 6850. The highest BCUT2D eigenvalue weighted by molar-refractivity contribution is 6.36. The molecule has 12 rings (SSSR count). The summed E-state index contributed by atoms with van der Waals surface area (Å²) in [6, 6.07) is 52.6. The maximum atomic E-state index is 12.5. The van der Waals surface area contributed by atoms with Crippen LogP contribution in [0.1, 0.15) is 146 Å². The minimum atomic E-state index is -0.813. The first-order chi connectivity index (χ1) is 70.6. The third-order valence-electron chi connectivity index (χ3n) is 21.3. The Balaban J connectivity index is 0.000000241. The molecule has 0 aliphatic heterocycles. The molecule has 12 aromatic rings. The van der Waals surface area contributed by atoms with E-state index in [0.29, 0.717) is 61.8 Å². The number of halogens is 6. The van der Waals surface area contributed by atoms with E-state index in [-0.39, 0.29) is 198 Å². The quantitative estimate of drug-likeness (QED) is 0.00918. The number of ether oxygens (including phenoxy) is 12. The van der Waals surface area contributed by atoms with Crippen molar-refractivity contribution in [1.29, 1.82) is 0 Å². The average Bonchev–Trinajstić information content (AvgIpc) is 0.817. The molecular formula is C102H96Cl6N6O34. The Morgan fingerprint density at radius 1 is 0.277 bits per heavy atom. The number of aryl methyl sites for hydroxylation is 6. The fourth-order valence-corrected chi connectivity index (χ4v) is 15.3. The van der Waals surface area contributed by atoms with Gasteiger partial charge in [0.05, 0.1) is 168 Å². The Hall–Kier alpha value is -15.6. The van der Waals surface area contributed by atoms with Crippen molar-refractivity contribution in [1.82, 2.24) is 0 Å². The van der Waals surface area contributed by atoms with Gasteiger partial charge in [0.25, 0.3) is 28.4 Å². The average molecular weight is 2160 g/mol. The van der Waals surface area contributed by atoms with E-state index in [4.69, 9.17) is 126 Å². The summed E-state index contributed by atoms with van der Waals surface area (Å²) in [5, 5.41) is 105. The number of methoxy groups -OCH3 is 4. The minimum Gasteiger partial charge on any atom is -0.496 e. The number of aliphatic hydroxyl groups excluding tert-OH is 4. The van der Waals surface area contributed by atoms with Gasteiger partial charge in [0.2, 0.25) is 0 Å². The van der Waals surface area contributed by atoms with Crippen molar-refractivity contribution in [3.8, 4) is 28.7 Å². The molecule has 0 bridgehead atoms. The monoisotopic (exact) mass is 2160 g/mol. The van der Waals surface area contributed by atoms with Crippen molar-refractivity contribution in [2.75, 3.05) is 61.5 Å². The molecule has 12 aromatic carbocycles. The van der Waals surface area contributed by atoms with Gasteiger partial charge < -0.3 is 77.3 Å². The first-order valence-electron chi connectivity index (χ1n) is 43.6. The zero-order chi connectivity index (χ0) is 109.